The van der Waals surface area contributed by atoms with Crippen LogP contribution < -0.4 is 24.8 Å². The quantitative estimate of drug-likeness (QED) is 0.350. The van der Waals surface area contributed by atoms with Gasteiger partial charge in [0, 0.05) is 0 Å². The molecular weight excluding hydrogens is 360 g/mol. The van der Waals surface area contributed by atoms with E-state index in [0.29, 0.717) is 0 Å². The number of rotatable bonds is 0. The number of halogens is 2. The van der Waals surface area contributed by atoms with E-state index in [9.17, 15) is 0 Å². The van der Waals surface area contributed by atoms with Gasteiger partial charge in [0.05, 0.1) is 0 Å². The summed E-state index contributed by atoms with van der Waals surface area (Å²) >= 11 is 1.58. The van der Waals surface area contributed by atoms with Crippen molar-refractivity contribution in [1.82, 2.24) is 0 Å². The van der Waals surface area contributed by atoms with Gasteiger partial charge in [0.25, 0.3) is 0 Å². The SMILES string of the molecule is CC(C)(C)[NH-].Cc1c[c-](C)c(C)c1C.[Cl-].[Cl-].[SiH2]=[Zr+2]. The van der Waals surface area contributed by atoms with E-state index in [1.54, 1.807) is 23.3 Å². The van der Waals surface area contributed by atoms with E-state index < -0.39 is 0 Å². The standard InChI is InChI=1S/C9H13.C4H10N.2ClH.H2Si.Zr/c1-6-5-7(2)9(4)8(6)3;1-4(2,3)5;;;;/h5H,1-4H3;5H,1-3H3;2*1H;1H2;/q2*-1;;;;+2/p-2. The molecule has 1 nitrogen and oxygen atoms in total. The summed E-state index contributed by atoms with van der Waals surface area (Å²) in [6.07, 6.45) is 0. The van der Waals surface area contributed by atoms with Crippen LogP contribution in [0.2, 0.25) is 0 Å². The molecule has 0 aromatic heterocycles. The van der Waals surface area contributed by atoms with Gasteiger partial charge in [0.15, 0.2) is 0 Å². The average molecular weight is 386 g/mol. The molecule has 0 aliphatic carbocycles. The van der Waals surface area contributed by atoms with Crippen LogP contribution in [-0.2, 0) is 23.3 Å². The van der Waals surface area contributed by atoms with E-state index in [1.807, 2.05) is 27.7 Å². The molecule has 0 atom stereocenters. The van der Waals surface area contributed by atoms with E-state index in [2.05, 4.69) is 33.8 Å². The summed E-state index contributed by atoms with van der Waals surface area (Å²) in [5, 5.41) is 0. The van der Waals surface area contributed by atoms with Crippen LogP contribution in [0, 0.1) is 27.7 Å². The maximum atomic E-state index is 6.94. The first-order valence-electron chi connectivity index (χ1n) is 5.43. The van der Waals surface area contributed by atoms with E-state index >= 15 is 0 Å². The molecule has 1 rings (SSSR count). The van der Waals surface area contributed by atoms with Crippen molar-refractivity contribution in [3.63, 3.8) is 0 Å². The van der Waals surface area contributed by atoms with Crippen LogP contribution in [0.15, 0.2) is 6.07 Å². The Balaban J connectivity index is -0.0000000959. The van der Waals surface area contributed by atoms with Crippen molar-refractivity contribution in [3.8, 4) is 0 Å². The molecule has 5 heteroatoms. The minimum atomic E-state index is -0.250. The van der Waals surface area contributed by atoms with Crippen LogP contribution in [0.1, 0.15) is 43.0 Å². The Hall–Kier alpha value is 0.990. The number of nitrogens with one attached hydrogen (secondary N) is 1. The van der Waals surface area contributed by atoms with Crippen LogP contribution in [0.4, 0.5) is 0 Å². The van der Waals surface area contributed by atoms with Crippen molar-refractivity contribution >= 4 is 6.88 Å². The summed E-state index contributed by atoms with van der Waals surface area (Å²) in [4.78, 5) is 0. The fourth-order valence-electron chi connectivity index (χ4n) is 1.13. The summed E-state index contributed by atoms with van der Waals surface area (Å²) in [5.41, 5.74) is 12.4. The second kappa shape index (κ2) is 13.0. The van der Waals surface area contributed by atoms with E-state index in [4.69, 9.17) is 5.73 Å². The Kier molecular flexibility index (Phi) is 19.7. The van der Waals surface area contributed by atoms with Gasteiger partial charge in [0.2, 0.25) is 0 Å². The Morgan fingerprint density at radius 3 is 1.44 bits per heavy atom. The molecule has 0 saturated carbocycles. The summed E-state index contributed by atoms with van der Waals surface area (Å²) < 4.78 is 0. The topological polar surface area (TPSA) is 23.8 Å². The summed E-state index contributed by atoms with van der Waals surface area (Å²) in [5.74, 6) is 0. The Morgan fingerprint density at radius 2 is 1.39 bits per heavy atom. The van der Waals surface area contributed by atoms with Crippen molar-refractivity contribution in [2.24, 2.45) is 0 Å². The molecule has 0 amide bonds. The second-order valence-corrected chi connectivity index (χ2v) is 5.01. The van der Waals surface area contributed by atoms with Gasteiger partial charge in [-0.25, -0.2) is 0 Å². The molecule has 106 valence electrons. The van der Waals surface area contributed by atoms with Crippen LogP contribution in [0.5, 0.6) is 0 Å². The summed E-state index contributed by atoms with van der Waals surface area (Å²) in [6, 6.07) is 2.24. The first-order chi connectivity index (χ1) is 7.13. The molecule has 1 aromatic rings. The summed E-state index contributed by atoms with van der Waals surface area (Å²) in [7, 11) is 0. The molecule has 0 aliphatic heterocycles. The predicted molar refractivity (Wildman–Crippen MR) is 73.6 cm³/mol. The molecule has 0 spiro atoms. The average Bonchev–Trinajstić information content (AvgIpc) is 2.34. The van der Waals surface area contributed by atoms with Gasteiger partial charge in [-0.15, -0.1) is 5.54 Å². The number of aryl methyl sites for hydroxylation is 2. The maximum absolute atomic E-state index is 6.94. The van der Waals surface area contributed by atoms with Gasteiger partial charge in [0.1, 0.15) is 0 Å². The van der Waals surface area contributed by atoms with E-state index in [1.165, 1.54) is 22.3 Å². The molecule has 0 aliphatic rings. The molecule has 0 radical (unpaired) electrons. The van der Waals surface area contributed by atoms with E-state index in [-0.39, 0.29) is 30.4 Å². The first kappa shape index (κ1) is 27.4. The fraction of sp³-hybridized carbons (Fsp3) is 0.615. The van der Waals surface area contributed by atoms with Gasteiger partial charge >= 0.3 is 30.2 Å². The second-order valence-electron chi connectivity index (χ2n) is 5.01. The third kappa shape index (κ3) is 15.0. The third-order valence-corrected chi connectivity index (χ3v) is 2.18. The fourth-order valence-corrected chi connectivity index (χ4v) is 1.13. The van der Waals surface area contributed by atoms with Crippen LogP contribution in [0.3, 0.4) is 0 Å². The van der Waals surface area contributed by atoms with Crippen molar-refractivity contribution in [2.45, 2.75) is 54.0 Å². The van der Waals surface area contributed by atoms with Crippen LogP contribution in [0.25, 0.3) is 5.73 Å². The zero-order valence-electron chi connectivity index (χ0n) is 12.5. The van der Waals surface area contributed by atoms with Gasteiger partial charge in [-0.1, -0.05) is 48.5 Å². The zero-order chi connectivity index (χ0) is 13.5. The zero-order valence-corrected chi connectivity index (χ0v) is 17.9. The third-order valence-electron chi connectivity index (χ3n) is 2.18. The number of hydrogen-bond donors (Lipinski definition) is 0. The van der Waals surface area contributed by atoms with Gasteiger partial charge in [-0.05, 0) is 0 Å². The van der Waals surface area contributed by atoms with Gasteiger partial charge in [-0.2, -0.15) is 28.3 Å². The minimum absolute atomic E-state index is 0. The molecule has 0 bridgehead atoms. The Bertz CT molecular complexity index is 291. The van der Waals surface area contributed by atoms with Crippen molar-refractivity contribution in [1.29, 1.82) is 0 Å². The molecule has 0 heterocycles. The van der Waals surface area contributed by atoms with Crippen molar-refractivity contribution < 1.29 is 48.1 Å². The van der Waals surface area contributed by atoms with Crippen LogP contribution in [-0.4, -0.2) is 12.4 Å². The number of hydrogen-bond acceptors (Lipinski definition) is 0. The Morgan fingerprint density at radius 1 is 1.11 bits per heavy atom. The van der Waals surface area contributed by atoms with Gasteiger partial charge in [-0.3, -0.25) is 0 Å². The molecular formula is C13H25Cl2NSiZr-2. The molecule has 1 N–H and O–H groups in total. The summed E-state index contributed by atoms with van der Waals surface area (Å²) in [6.45, 7) is 16.2. The van der Waals surface area contributed by atoms with Crippen LogP contribution >= 0.6 is 0 Å². The molecule has 18 heavy (non-hydrogen) atoms. The molecule has 0 unspecified atom stereocenters. The van der Waals surface area contributed by atoms with Crippen molar-refractivity contribution in [2.75, 3.05) is 0 Å². The monoisotopic (exact) mass is 383 g/mol. The molecule has 1 aromatic carbocycles. The molecule has 0 saturated heterocycles. The van der Waals surface area contributed by atoms with Gasteiger partial charge < -0.3 is 30.5 Å². The predicted octanol–water partition coefficient (Wildman–Crippen LogP) is -2.43. The van der Waals surface area contributed by atoms with E-state index in [0.717, 1.165) is 0 Å². The first-order valence-corrected chi connectivity index (χ1v) is 11.4. The van der Waals surface area contributed by atoms with Crippen molar-refractivity contribution in [3.05, 3.63) is 34.1 Å². The molecule has 0 fully saturated rings. The normalized spacial score (nSPS) is 8.78. The Labute approximate surface area is 142 Å².